The lowest BCUT2D eigenvalue weighted by molar-refractivity contribution is -0.139. The first-order valence-electron chi connectivity index (χ1n) is 7.69. The summed E-state index contributed by atoms with van der Waals surface area (Å²) in [7, 11) is 0. The molecule has 0 aliphatic carbocycles. The monoisotopic (exact) mass is 318 g/mol. The Balaban J connectivity index is 1.94. The van der Waals surface area contributed by atoms with Crippen molar-refractivity contribution >= 4 is 29.2 Å². The van der Waals surface area contributed by atoms with E-state index in [0.29, 0.717) is 12.1 Å². The highest BCUT2D eigenvalue weighted by Crippen LogP contribution is 2.26. The van der Waals surface area contributed by atoms with E-state index in [2.05, 4.69) is 5.32 Å². The molecule has 0 unspecified atom stereocenters. The molecule has 1 saturated heterocycles. The zero-order chi connectivity index (χ0) is 17.0. The van der Waals surface area contributed by atoms with Crippen LogP contribution in [0.25, 0.3) is 0 Å². The fourth-order valence-corrected chi connectivity index (χ4v) is 2.76. The molecule has 1 aliphatic heterocycles. The van der Waals surface area contributed by atoms with Gasteiger partial charge in [-0.2, -0.15) is 0 Å². The van der Waals surface area contributed by atoms with Crippen molar-refractivity contribution < 1.29 is 19.5 Å². The highest BCUT2D eigenvalue weighted by molar-refractivity contribution is 5.96. The number of hydrogen-bond acceptors (Lipinski definition) is 3. The summed E-state index contributed by atoms with van der Waals surface area (Å²) in [5, 5.41) is 11.6. The lowest BCUT2D eigenvalue weighted by atomic mass is 9.85. The standard InChI is InChI=1S/C17H22N2O4/c1-17(2,11-16(22)23)10-14(20)18-12-5-7-13(8-6-12)19-9-3-4-15(19)21/h5-8H,3-4,9-11H2,1-2H3,(H,18,20)(H,22,23). The van der Waals surface area contributed by atoms with Crippen LogP contribution in [0.2, 0.25) is 0 Å². The molecule has 6 nitrogen and oxygen atoms in total. The lowest BCUT2D eigenvalue weighted by Crippen LogP contribution is -2.25. The Morgan fingerprint density at radius 2 is 1.87 bits per heavy atom. The molecule has 0 spiro atoms. The lowest BCUT2D eigenvalue weighted by Gasteiger charge is -2.21. The van der Waals surface area contributed by atoms with Crippen molar-refractivity contribution in [2.75, 3.05) is 16.8 Å². The Morgan fingerprint density at radius 1 is 1.22 bits per heavy atom. The number of anilines is 2. The second-order valence-electron chi connectivity index (χ2n) is 6.66. The van der Waals surface area contributed by atoms with Gasteiger partial charge in [-0.25, -0.2) is 0 Å². The predicted molar refractivity (Wildman–Crippen MR) is 87.3 cm³/mol. The van der Waals surface area contributed by atoms with E-state index in [1.165, 1.54) is 0 Å². The summed E-state index contributed by atoms with van der Waals surface area (Å²) in [5.74, 6) is -1.01. The molecule has 1 aromatic rings. The van der Waals surface area contributed by atoms with Crippen LogP contribution in [0.1, 0.15) is 39.5 Å². The maximum absolute atomic E-state index is 12.0. The molecule has 1 aromatic carbocycles. The van der Waals surface area contributed by atoms with Gasteiger partial charge in [-0.05, 0) is 36.1 Å². The van der Waals surface area contributed by atoms with Gasteiger partial charge >= 0.3 is 5.97 Å². The van der Waals surface area contributed by atoms with Gasteiger partial charge in [0, 0.05) is 30.8 Å². The summed E-state index contributed by atoms with van der Waals surface area (Å²) in [4.78, 5) is 36.2. The third kappa shape index (κ3) is 4.81. The van der Waals surface area contributed by atoms with Crippen LogP contribution in [0, 0.1) is 5.41 Å². The van der Waals surface area contributed by atoms with E-state index in [9.17, 15) is 14.4 Å². The van der Waals surface area contributed by atoms with Crippen molar-refractivity contribution in [1.29, 1.82) is 0 Å². The number of carboxylic acids is 1. The van der Waals surface area contributed by atoms with E-state index in [0.717, 1.165) is 18.7 Å². The van der Waals surface area contributed by atoms with Gasteiger partial charge in [-0.1, -0.05) is 13.8 Å². The molecule has 6 heteroatoms. The van der Waals surface area contributed by atoms with Crippen molar-refractivity contribution in [3.63, 3.8) is 0 Å². The molecule has 2 N–H and O–H groups in total. The van der Waals surface area contributed by atoms with Crippen LogP contribution in [0.3, 0.4) is 0 Å². The fraction of sp³-hybridized carbons (Fsp3) is 0.471. The minimum absolute atomic E-state index is 0.0591. The SMILES string of the molecule is CC(C)(CC(=O)O)CC(=O)Nc1ccc(N2CCCC2=O)cc1. The molecule has 0 radical (unpaired) electrons. The zero-order valence-corrected chi connectivity index (χ0v) is 13.5. The summed E-state index contributed by atoms with van der Waals surface area (Å²) in [5.41, 5.74) is 0.867. The van der Waals surface area contributed by atoms with Crippen molar-refractivity contribution in [2.24, 2.45) is 5.41 Å². The number of carboxylic acid groups (broad SMARTS) is 1. The summed E-state index contributed by atoms with van der Waals surface area (Å²) < 4.78 is 0. The molecule has 23 heavy (non-hydrogen) atoms. The number of aliphatic carboxylic acids is 1. The number of amides is 2. The van der Waals surface area contributed by atoms with Crippen LogP contribution >= 0.6 is 0 Å². The number of nitrogens with zero attached hydrogens (tertiary/aromatic N) is 1. The van der Waals surface area contributed by atoms with E-state index in [-0.39, 0.29) is 24.7 Å². The molecular weight excluding hydrogens is 296 g/mol. The van der Waals surface area contributed by atoms with Gasteiger partial charge in [0.15, 0.2) is 0 Å². The van der Waals surface area contributed by atoms with E-state index >= 15 is 0 Å². The molecule has 124 valence electrons. The van der Waals surface area contributed by atoms with Crippen LogP contribution in [-0.4, -0.2) is 29.4 Å². The van der Waals surface area contributed by atoms with Gasteiger partial charge in [0.05, 0.1) is 6.42 Å². The maximum Gasteiger partial charge on any atom is 0.303 e. The third-order valence-corrected chi connectivity index (χ3v) is 3.81. The average molecular weight is 318 g/mol. The molecule has 2 rings (SSSR count). The number of carbonyl (C=O) groups is 3. The second-order valence-corrected chi connectivity index (χ2v) is 6.66. The molecule has 1 aliphatic rings. The van der Waals surface area contributed by atoms with E-state index < -0.39 is 11.4 Å². The smallest absolute Gasteiger partial charge is 0.303 e. The van der Waals surface area contributed by atoms with E-state index in [4.69, 9.17) is 5.11 Å². The minimum atomic E-state index is -0.914. The van der Waals surface area contributed by atoms with E-state index in [1.54, 1.807) is 43.0 Å². The maximum atomic E-state index is 12.0. The summed E-state index contributed by atoms with van der Waals surface area (Å²) in [6, 6.07) is 7.12. The zero-order valence-electron chi connectivity index (χ0n) is 13.5. The number of benzene rings is 1. The first kappa shape index (κ1) is 17.0. The highest BCUT2D eigenvalue weighted by atomic mass is 16.4. The second kappa shape index (κ2) is 6.81. The molecular formula is C17H22N2O4. The Kier molecular flexibility index (Phi) is 5.03. The van der Waals surface area contributed by atoms with Crippen LogP contribution in [0.15, 0.2) is 24.3 Å². The molecule has 2 amide bonds. The average Bonchev–Trinajstić information content (AvgIpc) is 2.83. The Bertz CT molecular complexity index is 608. The van der Waals surface area contributed by atoms with Crippen molar-refractivity contribution in [3.05, 3.63) is 24.3 Å². The van der Waals surface area contributed by atoms with Crippen molar-refractivity contribution in [2.45, 2.75) is 39.5 Å². The molecule has 1 heterocycles. The number of rotatable bonds is 6. The van der Waals surface area contributed by atoms with Crippen LogP contribution in [0.5, 0.6) is 0 Å². The van der Waals surface area contributed by atoms with Gasteiger partial charge in [0.1, 0.15) is 0 Å². The number of hydrogen-bond donors (Lipinski definition) is 2. The Hall–Kier alpha value is -2.37. The summed E-state index contributed by atoms with van der Waals surface area (Å²) in [6.45, 7) is 4.24. The largest absolute Gasteiger partial charge is 0.481 e. The quantitative estimate of drug-likeness (QED) is 0.844. The summed E-state index contributed by atoms with van der Waals surface area (Å²) in [6.07, 6.45) is 1.52. The normalized spacial score (nSPS) is 14.9. The van der Waals surface area contributed by atoms with Gasteiger partial charge in [0.2, 0.25) is 11.8 Å². The van der Waals surface area contributed by atoms with E-state index in [1.807, 2.05) is 0 Å². The molecule has 1 fully saturated rings. The number of nitrogens with one attached hydrogen (secondary N) is 1. The Labute approximate surface area is 135 Å². The van der Waals surface area contributed by atoms with Crippen LogP contribution < -0.4 is 10.2 Å². The van der Waals surface area contributed by atoms with Gasteiger partial charge in [0.25, 0.3) is 0 Å². The summed E-state index contributed by atoms with van der Waals surface area (Å²) >= 11 is 0. The topological polar surface area (TPSA) is 86.7 Å². The number of carbonyl (C=O) groups excluding carboxylic acids is 2. The van der Waals surface area contributed by atoms with Gasteiger partial charge in [-0.3, -0.25) is 14.4 Å². The molecule has 0 bridgehead atoms. The first-order chi connectivity index (χ1) is 10.8. The van der Waals surface area contributed by atoms with Crippen molar-refractivity contribution in [3.8, 4) is 0 Å². The molecule has 0 atom stereocenters. The Morgan fingerprint density at radius 3 is 2.39 bits per heavy atom. The highest BCUT2D eigenvalue weighted by Gasteiger charge is 2.25. The first-order valence-corrected chi connectivity index (χ1v) is 7.69. The minimum Gasteiger partial charge on any atom is -0.481 e. The third-order valence-electron chi connectivity index (χ3n) is 3.81. The molecule has 0 aromatic heterocycles. The predicted octanol–water partition coefficient (Wildman–Crippen LogP) is 2.64. The fourth-order valence-electron chi connectivity index (χ4n) is 2.76. The van der Waals surface area contributed by atoms with Gasteiger partial charge in [-0.15, -0.1) is 0 Å². The van der Waals surface area contributed by atoms with Gasteiger partial charge < -0.3 is 15.3 Å². The van der Waals surface area contributed by atoms with Crippen molar-refractivity contribution in [1.82, 2.24) is 0 Å². The van der Waals surface area contributed by atoms with Crippen LogP contribution in [-0.2, 0) is 14.4 Å². The molecule has 0 saturated carbocycles. The van der Waals surface area contributed by atoms with Crippen LogP contribution in [0.4, 0.5) is 11.4 Å².